The van der Waals surface area contributed by atoms with Crippen LogP contribution < -0.4 is 5.32 Å². The highest BCUT2D eigenvalue weighted by atomic mass is 32.2. The van der Waals surface area contributed by atoms with Gasteiger partial charge in [-0.3, -0.25) is 0 Å². The molecule has 4 nitrogen and oxygen atoms in total. The molecular weight excluding hydrogens is 250 g/mol. The van der Waals surface area contributed by atoms with E-state index in [1.165, 1.54) is 0 Å². The van der Waals surface area contributed by atoms with Gasteiger partial charge in [0.25, 0.3) is 0 Å². The van der Waals surface area contributed by atoms with Crippen molar-refractivity contribution < 1.29 is 13.2 Å². The molecule has 0 unspecified atom stereocenters. The molecule has 0 atom stereocenters. The lowest BCUT2D eigenvalue weighted by molar-refractivity contribution is -0.117. The summed E-state index contributed by atoms with van der Waals surface area (Å²) < 4.78 is 23.2. The minimum absolute atomic E-state index is 0.110. The van der Waals surface area contributed by atoms with E-state index in [-0.39, 0.29) is 11.5 Å². The van der Waals surface area contributed by atoms with E-state index in [1.807, 2.05) is 0 Å². The fraction of sp³-hybridized carbons (Fsp3) is 0.462. The summed E-state index contributed by atoms with van der Waals surface area (Å²) in [6.07, 6.45) is 1.35. The molecule has 0 saturated heterocycles. The smallest absolute Gasteiger partial charge is 0.178 e. The summed E-state index contributed by atoms with van der Waals surface area (Å²) in [5, 5.41) is 3.15. The fourth-order valence-electron chi connectivity index (χ4n) is 1.52. The maximum Gasteiger partial charge on any atom is 0.178 e. The highest BCUT2D eigenvalue weighted by molar-refractivity contribution is 7.91. The number of nitrogens with one attached hydrogen (secondary N) is 1. The van der Waals surface area contributed by atoms with Gasteiger partial charge in [0.15, 0.2) is 9.84 Å². The lowest BCUT2D eigenvalue weighted by Crippen LogP contribution is -2.05. The first kappa shape index (κ1) is 14.7. The van der Waals surface area contributed by atoms with Crippen LogP contribution in [0.3, 0.4) is 0 Å². The molecule has 0 amide bonds. The summed E-state index contributed by atoms with van der Waals surface area (Å²) in [6, 6.07) is 6.70. The van der Waals surface area contributed by atoms with Crippen LogP contribution in [0, 0.1) is 0 Å². The van der Waals surface area contributed by atoms with Crippen molar-refractivity contribution in [3.63, 3.8) is 0 Å². The SMILES string of the molecule is CCS(=O)(=O)c1ccc(NCCCC(C)=O)cc1. The van der Waals surface area contributed by atoms with Crippen LogP contribution in [-0.2, 0) is 14.6 Å². The molecule has 0 aliphatic rings. The third kappa shape index (κ3) is 4.49. The molecule has 1 aromatic rings. The molecule has 0 heterocycles. The van der Waals surface area contributed by atoms with Crippen LogP contribution in [0.4, 0.5) is 5.69 Å². The summed E-state index contributed by atoms with van der Waals surface area (Å²) >= 11 is 0. The van der Waals surface area contributed by atoms with Crippen LogP contribution in [0.1, 0.15) is 26.7 Å². The molecule has 18 heavy (non-hydrogen) atoms. The second-order valence-electron chi connectivity index (χ2n) is 4.16. The van der Waals surface area contributed by atoms with Crippen LogP contribution in [0.2, 0.25) is 0 Å². The third-order valence-corrected chi connectivity index (χ3v) is 4.38. The molecule has 0 radical (unpaired) electrons. The number of anilines is 1. The number of hydrogen-bond acceptors (Lipinski definition) is 4. The summed E-state index contributed by atoms with van der Waals surface area (Å²) in [4.78, 5) is 11.1. The van der Waals surface area contributed by atoms with E-state index in [0.717, 1.165) is 12.1 Å². The molecular formula is C13H19NO3S. The highest BCUT2D eigenvalue weighted by Gasteiger charge is 2.10. The third-order valence-electron chi connectivity index (χ3n) is 2.63. The molecule has 0 aliphatic carbocycles. The first-order valence-electron chi connectivity index (χ1n) is 6.02. The fourth-order valence-corrected chi connectivity index (χ4v) is 2.40. The number of hydrogen-bond donors (Lipinski definition) is 1. The molecule has 100 valence electrons. The Morgan fingerprint density at radius 2 is 1.83 bits per heavy atom. The summed E-state index contributed by atoms with van der Waals surface area (Å²) in [7, 11) is -3.12. The van der Waals surface area contributed by atoms with Gasteiger partial charge in [-0.25, -0.2) is 8.42 Å². The molecule has 1 aromatic carbocycles. The molecule has 0 bridgehead atoms. The molecule has 0 aliphatic heterocycles. The minimum atomic E-state index is -3.12. The Morgan fingerprint density at radius 1 is 1.22 bits per heavy atom. The molecule has 5 heteroatoms. The van der Waals surface area contributed by atoms with Crippen molar-refractivity contribution in [2.45, 2.75) is 31.6 Å². The van der Waals surface area contributed by atoms with Gasteiger partial charge in [0.1, 0.15) is 5.78 Å². The highest BCUT2D eigenvalue weighted by Crippen LogP contribution is 2.15. The number of carbonyl (C=O) groups is 1. The topological polar surface area (TPSA) is 63.2 Å². The monoisotopic (exact) mass is 269 g/mol. The minimum Gasteiger partial charge on any atom is -0.385 e. The Balaban J connectivity index is 2.53. The largest absolute Gasteiger partial charge is 0.385 e. The van der Waals surface area contributed by atoms with Gasteiger partial charge in [-0.05, 0) is 37.6 Å². The van der Waals surface area contributed by atoms with Gasteiger partial charge in [-0.2, -0.15) is 0 Å². The molecule has 0 spiro atoms. The van der Waals surface area contributed by atoms with Gasteiger partial charge in [0.05, 0.1) is 10.6 Å². The van der Waals surface area contributed by atoms with Crippen LogP contribution in [0.25, 0.3) is 0 Å². The maximum absolute atomic E-state index is 11.6. The average molecular weight is 269 g/mol. The zero-order chi connectivity index (χ0) is 13.6. The Labute approximate surface area is 108 Å². The predicted octanol–water partition coefficient (Wildman–Crippen LogP) is 2.26. The number of rotatable bonds is 7. The molecule has 1 rings (SSSR count). The lowest BCUT2D eigenvalue weighted by Gasteiger charge is -2.07. The normalized spacial score (nSPS) is 11.2. The van der Waals surface area contributed by atoms with E-state index < -0.39 is 9.84 Å². The van der Waals surface area contributed by atoms with E-state index in [4.69, 9.17) is 0 Å². The van der Waals surface area contributed by atoms with Gasteiger partial charge < -0.3 is 10.1 Å². The summed E-state index contributed by atoms with van der Waals surface area (Å²) in [5.74, 6) is 0.291. The van der Waals surface area contributed by atoms with Gasteiger partial charge in [0.2, 0.25) is 0 Å². The second kappa shape index (κ2) is 6.54. The van der Waals surface area contributed by atoms with Gasteiger partial charge in [0, 0.05) is 18.7 Å². The predicted molar refractivity (Wildman–Crippen MR) is 72.6 cm³/mol. The molecule has 0 saturated carbocycles. The van der Waals surface area contributed by atoms with Crippen molar-refractivity contribution in [3.8, 4) is 0 Å². The summed E-state index contributed by atoms with van der Waals surface area (Å²) in [6.45, 7) is 3.91. The van der Waals surface area contributed by atoms with Crippen LogP contribution in [-0.4, -0.2) is 26.5 Å². The number of benzene rings is 1. The number of ketones is 1. The lowest BCUT2D eigenvalue weighted by atomic mass is 10.2. The van der Waals surface area contributed by atoms with E-state index in [0.29, 0.717) is 17.9 Å². The van der Waals surface area contributed by atoms with Crippen molar-refractivity contribution in [1.82, 2.24) is 0 Å². The van der Waals surface area contributed by atoms with Crippen molar-refractivity contribution >= 4 is 21.3 Å². The number of carbonyl (C=O) groups excluding carboxylic acids is 1. The molecule has 1 N–H and O–H groups in total. The van der Waals surface area contributed by atoms with Crippen LogP contribution in [0.15, 0.2) is 29.2 Å². The van der Waals surface area contributed by atoms with Gasteiger partial charge in [-0.1, -0.05) is 6.92 Å². The van der Waals surface area contributed by atoms with E-state index in [9.17, 15) is 13.2 Å². The van der Waals surface area contributed by atoms with Crippen molar-refractivity contribution in [2.75, 3.05) is 17.6 Å². The number of Topliss-reactive ketones (excluding diaryl/α,β-unsaturated/α-hetero) is 1. The van der Waals surface area contributed by atoms with Crippen LogP contribution >= 0.6 is 0 Å². The molecule has 0 aromatic heterocycles. The van der Waals surface area contributed by atoms with Crippen molar-refractivity contribution in [2.24, 2.45) is 0 Å². The quantitative estimate of drug-likeness (QED) is 0.771. The first-order chi connectivity index (χ1) is 8.45. The van der Waals surface area contributed by atoms with Crippen molar-refractivity contribution in [1.29, 1.82) is 0 Å². The number of sulfone groups is 1. The van der Waals surface area contributed by atoms with E-state index in [1.54, 1.807) is 38.1 Å². The zero-order valence-electron chi connectivity index (χ0n) is 10.8. The average Bonchev–Trinajstić information content (AvgIpc) is 2.35. The summed E-state index contributed by atoms with van der Waals surface area (Å²) in [5.41, 5.74) is 0.869. The Bertz CT molecular complexity index is 491. The van der Waals surface area contributed by atoms with E-state index in [2.05, 4.69) is 5.32 Å². The van der Waals surface area contributed by atoms with Gasteiger partial charge in [-0.15, -0.1) is 0 Å². The standard InChI is InChI=1S/C13H19NO3S/c1-3-18(16,17)13-8-6-12(7-9-13)14-10-4-5-11(2)15/h6-9,14H,3-5,10H2,1-2H3. The Kier molecular flexibility index (Phi) is 5.34. The van der Waals surface area contributed by atoms with Crippen molar-refractivity contribution in [3.05, 3.63) is 24.3 Å². The zero-order valence-corrected chi connectivity index (χ0v) is 11.6. The second-order valence-corrected chi connectivity index (χ2v) is 6.44. The Morgan fingerprint density at radius 3 is 2.33 bits per heavy atom. The van der Waals surface area contributed by atoms with Gasteiger partial charge >= 0.3 is 0 Å². The molecule has 0 fully saturated rings. The Hall–Kier alpha value is -1.36. The van der Waals surface area contributed by atoms with E-state index >= 15 is 0 Å². The maximum atomic E-state index is 11.6. The van der Waals surface area contributed by atoms with Crippen LogP contribution in [0.5, 0.6) is 0 Å². The first-order valence-corrected chi connectivity index (χ1v) is 7.67.